The number of Topliss-reactive ketones (excluding diaryl/α,β-unsaturated/α-hetero) is 1. The fraction of sp³-hybridized carbons (Fsp3) is 0.286. The van der Waals surface area contributed by atoms with Crippen molar-refractivity contribution in [2.75, 3.05) is 13.1 Å². The highest BCUT2D eigenvalue weighted by atomic mass is 19.1. The van der Waals surface area contributed by atoms with Crippen LogP contribution in [0.1, 0.15) is 28.8 Å². The maximum Gasteiger partial charge on any atom is 0.176 e. The molecule has 0 bridgehead atoms. The predicted octanol–water partition coefficient (Wildman–Crippen LogP) is 4.20. The van der Waals surface area contributed by atoms with Crippen LogP contribution in [0.25, 0.3) is 10.9 Å². The monoisotopic (exact) mass is 336 g/mol. The molecule has 3 nitrogen and oxygen atoms in total. The highest BCUT2D eigenvalue weighted by Gasteiger charge is 2.27. The smallest absolute Gasteiger partial charge is 0.176 e. The first-order valence-corrected chi connectivity index (χ1v) is 8.79. The minimum atomic E-state index is -0.182. The van der Waals surface area contributed by atoms with Crippen molar-refractivity contribution in [2.45, 2.75) is 25.3 Å². The van der Waals surface area contributed by atoms with Crippen LogP contribution in [0.5, 0.6) is 0 Å². The van der Waals surface area contributed by atoms with Gasteiger partial charge < -0.3 is 4.98 Å². The second kappa shape index (κ2) is 6.81. The Morgan fingerprint density at radius 3 is 2.84 bits per heavy atom. The van der Waals surface area contributed by atoms with Gasteiger partial charge in [0.2, 0.25) is 0 Å². The molecule has 1 fully saturated rings. The number of aromatic amines is 1. The molecule has 0 spiro atoms. The number of aromatic nitrogens is 1. The predicted molar refractivity (Wildman–Crippen MR) is 97.3 cm³/mol. The zero-order chi connectivity index (χ0) is 17.2. The molecule has 0 aliphatic carbocycles. The average molecular weight is 336 g/mol. The fourth-order valence-corrected chi connectivity index (χ4v) is 3.86. The van der Waals surface area contributed by atoms with Crippen LogP contribution in [0.3, 0.4) is 0 Å². The molecule has 1 N–H and O–H groups in total. The van der Waals surface area contributed by atoms with E-state index in [1.54, 1.807) is 6.07 Å². The Labute approximate surface area is 146 Å². The molecule has 1 atom stereocenters. The molecule has 128 valence electrons. The van der Waals surface area contributed by atoms with Gasteiger partial charge >= 0.3 is 0 Å². The van der Waals surface area contributed by atoms with Crippen molar-refractivity contribution in [1.29, 1.82) is 0 Å². The van der Waals surface area contributed by atoms with E-state index < -0.39 is 0 Å². The second-order valence-electron chi connectivity index (χ2n) is 6.74. The van der Waals surface area contributed by atoms with E-state index in [9.17, 15) is 9.18 Å². The first-order valence-electron chi connectivity index (χ1n) is 8.79. The zero-order valence-electron chi connectivity index (χ0n) is 14.0. The molecule has 2 aromatic carbocycles. The highest BCUT2D eigenvalue weighted by Crippen LogP contribution is 2.27. The highest BCUT2D eigenvalue weighted by molar-refractivity contribution is 5.97. The van der Waals surface area contributed by atoms with Crippen LogP contribution >= 0.6 is 0 Å². The summed E-state index contributed by atoms with van der Waals surface area (Å²) in [5, 5.41) is 0.684. The largest absolute Gasteiger partial charge is 0.361 e. The molecule has 4 rings (SSSR count). The van der Waals surface area contributed by atoms with Crippen molar-refractivity contribution < 1.29 is 9.18 Å². The number of benzene rings is 2. The Kier molecular flexibility index (Phi) is 4.36. The van der Waals surface area contributed by atoms with Crippen LogP contribution < -0.4 is 0 Å². The molecule has 0 saturated carbocycles. The van der Waals surface area contributed by atoms with Gasteiger partial charge in [0.1, 0.15) is 5.82 Å². The lowest BCUT2D eigenvalue weighted by Crippen LogP contribution is -2.35. The third-order valence-electron chi connectivity index (χ3n) is 5.13. The molecule has 1 saturated heterocycles. The molecule has 0 amide bonds. The maximum absolute atomic E-state index is 14.2. The molecule has 4 heteroatoms. The summed E-state index contributed by atoms with van der Waals surface area (Å²) in [5.74, 6) is -0.0312. The molecule has 1 aromatic heterocycles. The molecule has 2 heterocycles. The number of H-pyrrole nitrogens is 1. The van der Waals surface area contributed by atoms with Crippen LogP contribution in [-0.4, -0.2) is 34.8 Å². The van der Waals surface area contributed by atoms with E-state index >= 15 is 0 Å². The van der Waals surface area contributed by atoms with Crippen molar-refractivity contribution in [2.24, 2.45) is 0 Å². The van der Waals surface area contributed by atoms with Crippen molar-refractivity contribution in [1.82, 2.24) is 9.88 Å². The van der Waals surface area contributed by atoms with Crippen molar-refractivity contribution in [3.63, 3.8) is 0 Å². The van der Waals surface area contributed by atoms with E-state index in [0.717, 1.165) is 42.5 Å². The summed E-state index contributed by atoms with van der Waals surface area (Å²) in [7, 11) is 0. The van der Waals surface area contributed by atoms with Gasteiger partial charge in [-0.2, -0.15) is 0 Å². The lowest BCUT2D eigenvalue weighted by Gasteiger charge is -2.23. The molecular weight excluding hydrogens is 315 g/mol. The Balaban J connectivity index is 1.51. The van der Waals surface area contributed by atoms with Gasteiger partial charge in [-0.25, -0.2) is 4.39 Å². The minimum Gasteiger partial charge on any atom is -0.361 e. The van der Waals surface area contributed by atoms with E-state index in [4.69, 9.17) is 0 Å². The van der Waals surface area contributed by atoms with Gasteiger partial charge in [-0.05, 0) is 43.5 Å². The molecule has 0 unspecified atom stereocenters. The molecule has 0 radical (unpaired) electrons. The number of ketones is 1. The summed E-state index contributed by atoms with van der Waals surface area (Å²) in [5.41, 5.74) is 2.59. The van der Waals surface area contributed by atoms with E-state index in [-0.39, 0.29) is 17.6 Å². The summed E-state index contributed by atoms with van der Waals surface area (Å²) in [6.45, 7) is 1.35. The normalized spacial score (nSPS) is 18.0. The van der Waals surface area contributed by atoms with Crippen molar-refractivity contribution in [3.8, 4) is 0 Å². The van der Waals surface area contributed by atoms with E-state index in [2.05, 4.69) is 9.88 Å². The Hall–Kier alpha value is -2.46. The number of nitrogens with zero attached hydrogens (tertiary/aromatic N) is 1. The number of fused-ring (bicyclic) bond motifs is 1. The molecule has 1 aliphatic rings. The minimum absolute atomic E-state index is 0.151. The lowest BCUT2D eigenvalue weighted by molar-refractivity contribution is 0.0921. The molecular formula is C21H21FN2O. The quantitative estimate of drug-likeness (QED) is 0.709. The number of likely N-dealkylation sites (tertiary alicyclic amines) is 1. The standard InChI is InChI=1S/C21H21FN2O/c22-18-9-4-10-19-21(18)16(13-23-19)12-17-8-5-11-24(17)14-20(25)15-6-2-1-3-7-15/h1-4,6-7,9-10,13,17,23H,5,8,11-12,14H2/t17-/m1/s1. The van der Waals surface area contributed by atoms with Gasteiger partial charge in [-0.15, -0.1) is 0 Å². The lowest BCUT2D eigenvalue weighted by atomic mass is 10.0. The first-order chi connectivity index (χ1) is 12.2. The number of nitrogens with one attached hydrogen (secondary N) is 1. The van der Waals surface area contributed by atoms with E-state index in [1.807, 2.05) is 42.6 Å². The van der Waals surface area contributed by atoms with Crippen molar-refractivity contribution in [3.05, 3.63) is 71.7 Å². The van der Waals surface area contributed by atoms with Crippen LogP contribution in [0.2, 0.25) is 0 Å². The summed E-state index contributed by atoms with van der Waals surface area (Å²) in [6.07, 6.45) is 4.80. The third kappa shape index (κ3) is 3.22. The van der Waals surface area contributed by atoms with Crippen LogP contribution in [0.4, 0.5) is 4.39 Å². The summed E-state index contributed by atoms with van der Waals surface area (Å²) >= 11 is 0. The zero-order valence-corrected chi connectivity index (χ0v) is 14.0. The number of carbonyl (C=O) groups excluding carboxylic acids is 1. The number of rotatable bonds is 5. The van der Waals surface area contributed by atoms with Crippen LogP contribution in [0, 0.1) is 5.82 Å². The number of halogens is 1. The maximum atomic E-state index is 14.2. The van der Waals surface area contributed by atoms with Gasteiger partial charge in [-0.3, -0.25) is 9.69 Å². The van der Waals surface area contributed by atoms with Gasteiger partial charge in [-0.1, -0.05) is 36.4 Å². The van der Waals surface area contributed by atoms with Gasteiger partial charge in [0.15, 0.2) is 5.78 Å². The first kappa shape index (κ1) is 16.0. The molecule has 1 aliphatic heterocycles. The number of carbonyl (C=O) groups is 1. The Morgan fingerprint density at radius 2 is 2.00 bits per heavy atom. The van der Waals surface area contributed by atoms with E-state index in [1.165, 1.54) is 6.07 Å². The van der Waals surface area contributed by atoms with Crippen LogP contribution in [0.15, 0.2) is 54.7 Å². The number of hydrogen-bond acceptors (Lipinski definition) is 2. The van der Waals surface area contributed by atoms with Crippen LogP contribution in [-0.2, 0) is 6.42 Å². The number of hydrogen-bond donors (Lipinski definition) is 1. The Morgan fingerprint density at radius 1 is 1.16 bits per heavy atom. The van der Waals surface area contributed by atoms with Gasteiger partial charge in [0, 0.05) is 28.7 Å². The molecule has 25 heavy (non-hydrogen) atoms. The fourth-order valence-electron chi connectivity index (χ4n) is 3.86. The molecule has 3 aromatic rings. The Bertz CT molecular complexity index is 887. The summed E-state index contributed by atoms with van der Waals surface area (Å²) in [6, 6.07) is 14.8. The second-order valence-corrected chi connectivity index (χ2v) is 6.74. The topological polar surface area (TPSA) is 36.1 Å². The third-order valence-corrected chi connectivity index (χ3v) is 5.13. The van der Waals surface area contributed by atoms with Crippen molar-refractivity contribution >= 4 is 16.7 Å². The van der Waals surface area contributed by atoms with E-state index in [0.29, 0.717) is 11.9 Å². The van der Waals surface area contributed by atoms with Gasteiger partial charge in [0.25, 0.3) is 0 Å². The average Bonchev–Trinajstić information content (AvgIpc) is 3.24. The van der Waals surface area contributed by atoms with Gasteiger partial charge in [0.05, 0.1) is 6.54 Å². The SMILES string of the molecule is O=C(CN1CCC[C@@H]1Cc1c[nH]c2cccc(F)c12)c1ccccc1. The summed E-state index contributed by atoms with van der Waals surface area (Å²) < 4.78 is 14.2. The summed E-state index contributed by atoms with van der Waals surface area (Å²) in [4.78, 5) is 17.9.